The highest BCUT2D eigenvalue weighted by atomic mass is 16.2. The summed E-state index contributed by atoms with van der Waals surface area (Å²) < 4.78 is 0. The maximum atomic E-state index is 13.1. The molecule has 3 rings (SSSR count). The van der Waals surface area contributed by atoms with Gasteiger partial charge in [-0.05, 0) is 24.8 Å². The average molecular weight is 344 g/mol. The molecule has 2 aliphatic rings. The molecule has 2 aliphatic heterocycles. The minimum absolute atomic E-state index is 0.330. The highest BCUT2D eigenvalue weighted by Crippen LogP contribution is 2.31. The third kappa shape index (κ3) is 3.18. The Labute approximate surface area is 148 Å². The average Bonchev–Trinajstić information content (AvgIpc) is 2.65. The Morgan fingerprint density at radius 2 is 1.48 bits per heavy atom. The van der Waals surface area contributed by atoms with Crippen LogP contribution in [0.15, 0.2) is 30.3 Å². The molecule has 6 nitrogen and oxygen atoms in total. The number of benzene rings is 1. The molecule has 2 saturated heterocycles. The molecule has 0 saturated carbocycles. The highest BCUT2D eigenvalue weighted by Gasteiger charge is 2.57. The standard InChI is InChI=1S/C19H25N3O3/c1-20-16(23)19(17(24)21(2)18(20)25,13-15-9-5-3-6-10-15)14-22-11-7-4-8-12-22/h3,5-6,9-10H,4,7-8,11-14H2,1-2H3/p+1. The van der Waals surface area contributed by atoms with E-state index in [0.717, 1.165) is 41.3 Å². The van der Waals surface area contributed by atoms with Gasteiger partial charge < -0.3 is 4.90 Å². The second-order valence-electron chi connectivity index (χ2n) is 7.24. The van der Waals surface area contributed by atoms with Crippen LogP contribution in [-0.2, 0) is 16.0 Å². The number of urea groups is 1. The summed E-state index contributed by atoms with van der Waals surface area (Å²) in [6, 6.07) is 9.06. The Balaban J connectivity index is 1.99. The van der Waals surface area contributed by atoms with Crippen molar-refractivity contribution in [2.45, 2.75) is 25.7 Å². The van der Waals surface area contributed by atoms with Gasteiger partial charge in [0.15, 0.2) is 5.41 Å². The fourth-order valence-electron chi connectivity index (χ4n) is 4.10. The number of quaternary nitrogens is 1. The van der Waals surface area contributed by atoms with Crippen LogP contribution in [0.25, 0.3) is 0 Å². The Hall–Kier alpha value is -2.21. The first-order valence-corrected chi connectivity index (χ1v) is 8.93. The van der Waals surface area contributed by atoms with Gasteiger partial charge >= 0.3 is 6.03 Å². The van der Waals surface area contributed by atoms with E-state index in [2.05, 4.69) is 0 Å². The van der Waals surface area contributed by atoms with Crippen molar-refractivity contribution in [2.24, 2.45) is 5.41 Å². The summed E-state index contributed by atoms with van der Waals surface area (Å²) in [5, 5.41) is 0. The lowest BCUT2D eigenvalue weighted by Crippen LogP contribution is -3.14. The number of hydrogen-bond acceptors (Lipinski definition) is 3. The van der Waals surface area contributed by atoms with Crippen LogP contribution in [0.4, 0.5) is 4.79 Å². The van der Waals surface area contributed by atoms with Crippen LogP contribution < -0.4 is 4.90 Å². The minimum Gasteiger partial charge on any atom is -0.334 e. The first-order valence-electron chi connectivity index (χ1n) is 8.93. The van der Waals surface area contributed by atoms with Gasteiger partial charge in [0.25, 0.3) is 11.8 Å². The molecule has 1 aromatic rings. The molecule has 25 heavy (non-hydrogen) atoms. The number of likely N-dealkylation sites (tertiary alicyclic amines) is 1. The Kier molecular flexibility index (Phi) is 4.90. The topological polar surface area (TPSA) is 62.1 Å². The van der Waals surface area contributed by atoms with Gasteiger partial charge in [0.2, 0.25) is 0 Å². The van der Waals surface area contributed by atoms with E-state index in [1.165, 1.54) is 25.4 Å². The van der Waals surface area contributed by atoms with Crippen molar-refractivity contribution >= 4 is 17.8 Å². The molecule has 0 aliphatic carbocycles. The van der Waals surface area contributed by atoms with Gasteiger partial charge in [0.1, 0.15) is 6.54 Å². The zero-order chi connectivity index (χ0) is 18.0. The molecule has 134 valence electrons. The van der Waals surface area contributed by atoms with E-state index in [-0.39, 0.29) is 11.8 Å². The molecule has 2 heterocycles. The number of carbonyl (C=O) groups is 3. The molecule has 0 bridgehead atoms. The smallest absolute Gasteiger partial charge is 0.332 e. The first kappa shape index (κ1) is 17.6. The predicted octanol–water partition coefficient (Wildman–Crippen LogP) is 0.335. The second-order valence-corrected chi connectivity index (χ2v) is 7.24. The lowest BCUT2D eigenvalue weighted by atomic mass is 9.76. The van der Waals surface area contributed by atoms with Crippen LogP contribution in [0.2, 0.25) is 0 Å². The zero-order valence-electron chi connectivity index (χ0n) is 15.0. The molecule has 0 aromatic heterocycles. The molecule has 2 fully saturated rings. The van der Waals surface area contributed by atoms with E-state index >= 15 is 0 Å². The lowest BCUT2D eigenvalue weighted by molar-refractivity contribution is -0.909. The number of imide groups is 2. The number of nitrogens with one attached hydrogen (secondary N) is 1. The van der Waals surface area contributed by atoms with Crippen LogP contribution in [0.5, 0.6) is 0 Å². The van der Waals surface area contributed by atoms with E-state index in [9.17, 15) is 14.4 Å². The summed E-state index contributed by atoms with van der Waals surface area (Å²) in [7, 11) is 2.94. The monoisotopic (exact) mass is 344 g/mol. The van der Waals surface area contributed by atoms with Crippen LogP contribution in [-0.4, -0.2) is 61.4 Å². The third-order valence-electron chi connectivity index (χ3n) is 5.46. The number of rotatable bonds is 4. The van der Waals surface area contributed by atoms with Gasteiger partial charge in [-0.15, -0.1) is 0 Å². The van der Waals surface area contributed by atoms with Crippen molar-refractivity contribution < 1.29 is 19.3 Å². The molecule has 0 spiro atoms. The van der Waals surface area contributed by atoms with Gasteiger partial charge in [-0.2, -0.15) is 0 Å². The fourth-order valence-corrected chi connectivity index (χ4v) is 4.10. The summed E-state index contributed by atoms with van der Waals surface area (Å²) >= 11 is 0. The first-order chi connectivity index (χ1) is 12.0. The third-order valence-corrected chi connectivity index (χ3v) is 5.46. The summed E-state index contributed by atoms with van der Waals surface area (Å²) in [5.41, 5.74) is -0.261. The summed E-state index contributed by atoms with van der Waals surface area (Å²) in [6.07, 6.45) is 3.76. The van der Waals surface area contributed by atoms with Crippen LogP contribution >= 0.6 is 0 Å². The van der Waals surface area contributed by atoms with Gasteiger partial charge in [-0.25, -0.2) is 4.79 Å². The Morgan fingerprint density at radius 1 is 0.920 bits per heavy atom. The van der Waals surface area contributed by atoms with Gasteiger partial charge in [-0.1, -0.05) is 30.3 Å². The van der Waals surface area contributed by atoms with E-state index < -0.39 is 11.4 Å². The molecule has 0 atom stereocenters. The molecule has 4 amide bonds. The van der Waals surface area contributed by atoms with Crippen LogP contribution in [0.3, 0.4) is 0 Å². The van der Waals surface area contributed by atoms with Crippen molar-refractivity contribution in [3.8, 4) is 0 Å². The maximum Gasteiger partial charge on any atom is 0.332 e. The lowest BCUT2D eigenvalue weighted by Gasteiger charge is -2.43. The number of nitrogens with zero attached hydrogens (tertiary/aromatic N) is 2. The van der Waals surface area contributed by atoms with Crippen molar-refractivity contribution in [1.82, 2.24) is 9.80 Å². The fraction of sp³-hybridized carbons (Fsp3) is 0.526. The van der Waals surface area contributed by atoms with Crippen molar-refractivity contribution in [3.63, 3.8) is 0 Å². The normalized spacial score (nSPS) is 21.8. The van der Waals surface area contributed by atoms with Gasteiger partial charge in [-0.3, -0.25) is 19.4 Å². The van der Waals surface area contributed by atoms with Crippen molar-refractivity contribution in [2.75, 3.05) is 33.7 Å². The van der Waals surface area contributed by atoms with Crippen LogP contribution in [0.1, 0.15) is 24.8 Å². The second kappa shape index (κ2) is 6.96. The maximum absolute atomic E-state index is 13.1. The molecule has 0 radical (unpaired) electrons. The van der Waals surface area contributed by atoms with E-state index in [1.807, 2.05) is 30.3 Å². The SMILES string of the molecule is CN1C(=O)N(C)C(=O)C(Cc2ccccc2)(C[NH+]2CCCCC2)C1=O. The minimum atomic E-state index is -1.20. The van der Waals surface area contributed by atoms with Gasteiger partial charge in [0.05, 0.1) is 13.1 Å². The van der Waals surface area contributed by atoms with Gasteiger partial charge in [0, 0.05) is 20.5 Å². The summed E-state index contributed by atoms with van der Waals surface area (Å²) in [4.78, 5) is 41.9. The molecule has 1 N–H and O–H groups in total. The molecule has 0 unspecified atom stereocenters. The Morgan fingerprint density at radius 3 is 2.04 bits per heavy atom. The number of amides is 4. The molecule has 1 aromatic carbocycles. The van der Waals surface area contributed by atoms with E-state index in [4.69, 9.17) is 0 Å². The predicted molar refractivity (Wildman–Crippen MR) is 92.9 cm³/mol. The largest absolute Gasteiger partial charge is 0.334 e. The summed E-state index contributed by atoms with van der Waals surface area (Å²) in [6.45, 7) is 2.39. The summed E-state index contributed by atoms with van der Waals surface area (Å²) in [5.74, 6) is -0.745. The van der Waals surface area contributed by atoms with Crippen LogP contribution in [0, 0.1) is 5.41 Å². The van der Waals surface area contributed by atoms with E-state index in [1.54, 1.807) is 0 Å². The van der Waals surface area contributed by atoms with E-state index in [0.29, 0.717) is 13.0 Å². The number of barbiturate groups is 1. The van der Waals surface area contributed by atoms with Crippen molar-refractivity contribution in [3.05, 3.63) is 35.9 Å². The molecular formula is C19H26N3O3+. The number of carbonyl (C=O) groups excluding carboxylic acids is 3. The Bertz CT molecular complexity index is 644. The molecular weight excluding hydrogens is 318 g/mol. The zero-order valence-corrected chi connectivity index (χ0v) is 15.0. The molecule has 6 heteroatoms. The highest BCUT2D eigenvalue weighted by molar-refractivity contribution is 6.19. The number of piperidine rings is 1. The van der Waals surface area contributed by atoms with Crippen molar-refractivity contribution in [1.29, 1.82) is 0 Å². The number of hydrogen-bond donors (Lipinski definition) is 1. The quantitative estimate of drug-likeness (QED) is 0.801.